The fourth-order valence-corrected chi connectivity index (χ4v) is 3.16. The molecule has 1 N–H and O–H groups in total. The Labute approximate surface area is 142 Å². The van der Waals surface area contributed by atoms with Crippen molar-refractivity contribution in [2.45, 2.75) is 19.4 Å². The lowest BCUT2D eigenvalue weighted by atomic mass is 10.2. The zero-order chi connectivity index (χ0) is 16.7. The molecule has 0 radical (unpaired) electrons. The van der Waals surface area contributed by atoms with E-state index in [0.29, 0.717) is 18.7 Å². The zero-order valence-electron chi connectivity index (χ0n) is 13.9. The first-order valence-corrected chi connectivity index (χ1v) is 8.70. The monoisotopic (exact) mass is 332 g/mol. The maximum Gasteiger partial charge on any atom is 0.251 e. The Hall–Kier alpha value is -1.85. The van der Waals surface area contributed by atoms with Crippen LogP contribution in [-0.4, -0.2) is 38.1 Å². The highest BCUT2D eigenvalue weighted by atomic mass is 32.1. The SMILES string of the molecule is CCCOc1ccc(C(=O)NC[C@H](c2cccs2)N(C)C)cc1. The van der Waals surface area contributed by atoms with Gasteiger partial charge >= 0.3 is 0 Å². The van der Waals surface area contributed by atoms with Gasteiger partial charge in [-0.2, -0.15) is 0 Å². The predicted octanol–water partition coefficient (Wildman–Crippen LogP) is 3.57. The Bertz CT molecular complexity index is 594. The van der Waals surface area contributed by atoms with Gasteiger partial charge in [0.05, 0.1) is 12.6 Å². The molecular weight excluding hydrogens is 308 g/mol. The molecule has 0 saturated carbocycles. The van der Waals surface area contributed by atoms with E-state index in [2.05, 4.69) is 28.6 Å². The summed E-state index contributed by atoms with van der Waals surface area (Å²) in [7, 11) is 4.05. The molecule has 1 atom stereocenters. The number of hydrogen-bond donors (Lipinski definition) is 1. The highest BCUT2D eigenvalue weighted by molar-refractivity contribution is 7.10. The molecule has 0 unspecified atom stereocenters. The third-order valence-electron chi connectivity index (χ3n) is 3.54. The van der Waals surface area contributed by atoms with Crippen molar-refractivity contribution in [3.63, 3.8) is 0 Å². The van der Waals surface area contributed by atoms with Crippen molar-refractivity contribution < 1.29 is 9.53 Å². The van der Waals surface area contributed by atoms with Gasteiger partial charge in [-0.05, 0) is 56.2 Å². The highest BCUT2D eigenvalue weighted by Gasteiger charge is 2.16. The quantitative estimate of drug-likeness (QED) is 0.803. The predicted molar refractivity (Wildman–Crippen MR) is 95.3 cm³/mol. The summed E-state index contributed by atoms with van der Waals surface area (Å²) < 4.78 is 5.53. The minimum absolute atomic E-state index is 0.0598. The molecule has 1 heterocycles. The molecule has 0 fully saturated rings. The van der Waals surface area contributed by atoms with E-state index in [-0.39, 0.29) is 11.9 Å². The van der Waals surface area contributed by atoms with Gasteiger partial charge < -0.3 is 15.0 Å². The van der Waals surface area contributed by atoms with Gasteiger partial charge in [0.25, 0.3) is 5.91 Å². The van der Waals surface area contributed by atoms with Gasteiger partial charge in [0.2, 0.25) is 0 Å². The van der Waals surface area contributed by atoms with Crippen LogP contribution in [0.4, 0.5) is 0 Å². The van der Waals surface area contributed by atoms with Crippen LogP contribution in [0.2, 0.25) is 0 Å². The van der Waals surface area contributed by atoms with Gasteiger partial charge in [0.15, 0.2) is 0 Å². The fraction of sp³-hybridized carbons (Fsp3) is 0.389. The highest BCUT2D eigenvalue weighted by Crippen LogP contribution is 2.22. The van der Waals surface area contributed by atoms with Crippen LogP contribution in [0.25, 0.3) is 0 Å². The van der Waals surface area contributed by atoms with E-state index in [4.69, 9.17) is 4.74 Å². The van der Waals surface area contributed by atoms with Crippen LogP contribution < -0.4 is 10.1 Å². The largest absolute Gasteiger partial charge is 0.494 e. The van der Waals surface area contributed by atoms with E-state index in [1.807, 2.05) is 32.3 Å². The van der Waals surface area contributed by atoms with Crippen LogP contribution in [0.15, 0.2) is 41.8 Å². The Morgan fingerprint density at radius 3 is 2.57 bits per heavy atom. The maximum absolute atomic E-state index is 12.3. The van der Waals surface area contributed by atoms with E-state index in [9.17, 15) is 4.79 Å². The first-order chi connectivity index (χ1) is 11.1. The van der Waals surface area contributed by atoms with E-state index in [1.165, 1.54) is 4.88 Å². The summed E-state index contributed by atoms with van der Waals surface area (Å²) in [5.74, 6) is 0.739. The molecule has 1 aromatic carbocycles. The lowest BCUT2D eigenvalue weighted by molar-refractivity contribution is 0.0942. The van der Waals surface area contributed by atoms with Gasteiger partial charge in [-0.1, -0.05) is 13.0 Å². The molecule has 5 heteroatoms. The summed E-state index contributed by atoms with van der Waals surface area (Å²) in [6.07, 6.45) is 0.969. The molecule has 0 aliphatic heterocycles. The van der Waals surface area contributed by atoms with Crippen molar-refractivity contribution in [3.05, 3.63) is 52.2 Å². The Morgan fingerprint density at radius 1 is 1.26 bits per heavy atom. The summed E-state index contributed by atoms with van der Waals surface area (Å²) >= 11 is 1.71. The van der Waals surface area contributed by atoms with Crippen molar-refractivity contribution >= 4 is 17.2 Å². The molecule has 1 aromatic heterocycles. The van der Waals surface area contributed by atoms with Crippen LogP contribution in [0.1, 0.15) is 34.6 Å². The number of carbonyl (C=O) groups is 1. The van der Waals surface area contributed by atoms with E-state index >= 15 is 0 Å². The zero-order valence-corrected chi connectivity index (χ0v) is 14.7. The van der Waals surface area contributed by atoms with Crippen molar-refractivity contribution in [2.24, 2.45) is 0 Å². The van der Waals surface area contributed by atoms with Crippen LogP contribution in [0, 0.1) is 0 Å². The van der Waals surface area contributed by atoms with Crippen molar-refractivity contribution in [3.8, 4) is 5.75 Å². The van der Waals surface area contributed by atoms with Crippen molar-refractivity contribution in [1.82, 2.24) is 10.2 Å². The second-order valence-corrected chi connectivity index (χ2v) is 6.56. The second-order valence-electron chi connectivity index (χ2n) is 5.58. The molecule has 0 bridgehead atoms. The van der Waals surface area contributed by atoms with Gasteiger partial charge in [0.1, 0.15) is 5.75 Å². The molecule has 4 nitrogen and oxygen atoms in total. The van der Waals surface area contributed by atoms with Gasteiger partial charge in [0, 0.05) is 17.0 Å². The van der Waals surface area contributed by atoms with Crippen LogP contribution in [-0.2, 0) is 0 Å². The molecule has 124 valence electrons. The average molecular weight is 332 g/mol. The van der Waals surface area contributed by atoms with Gasteiger partial charge in [-0.15, -0.1) is 11.3 Å². The minimum Gasteiger partial charge on any atom is -0.494 e. The normalized spacial score (nSPS) is 12.2. The van der Waals surface area contributed by atoms with E-state index in [1.54, 1.807) is 23.5 Å². The van der Waals surface area contributed by atoms with Crippen molar-refractivity contribution in [1.29, 1.82) is 0 Å². The lowest BCUT2D eigenvalue weighted by Gasteiger charge is -2.23. The molecule has 0 aliphatic carbocycles. The number of nitrogens with zero attached hydrogens (tertiary/aromatic N) is 1. The fourth-order valence-electron chi connectivity index (χ4n) is 2.23. The Balaban J connectivity index is 1.93. The number of amides is 1. The summed E-state index contributed by atoms with van der Waals surface area (Å²) in [6, 6.07) is 11.6. The number of thiophene rings is 1. The van der Waals surface area contributed by atoms with Crippen LogP contribution >= 0.6 is 11.3 Å². The Kier molecular flexibility index (Phi) is 6.62. The number of rotatable bonds is 8. The number of hydrogen-bond acceptors (Lipinski definition) is 4. The first-order valence-electron chi connectivity index (χ1n) is 7.82. The molecule has 1 amide bonds. The van der Waals surface area contributed by atoms with Gasteiger partial charge in [-0.3, -0.25) is 4.79 Å². The van der Waals surface area contributed by atoms with Crippen LogP contribution in [0.3, 0.4) is 0 Å². The van der Waals surface area contributed by atoms with Crippen LogP contribution in [0.5, 0.6) is 5.75 Å². The average Bonchev–Trinajstić information content (AvgIpc) is 3.07. The molecule has 0 aliphatic rings. The Morgan fingerprint density at radius 2 is 2.00 bits per heavy atom. The number of nitrogens with one attached hydrogen (secondary N) is 1. The first kappa shape index (κ1) is 17.5. The topological polar surface area (TPSA) is 41.6 Å². The molecule has 0 spiro atoms. The molecule has 23 heavy (non-hydrogen) atoms. The van der Waals surface area contributed by atoms with E-state index < -0.39 is 0 Å². The third kappa shape index (κ3) is 5.08. The third-order valence-corrected chi connectivity index (χ3v) is 4.51. The standard InChI is InChI=1S/C18H24N2O2S/c1-4-11-22-15-9-7-14(8-10-15)18(21)19-13-16(20(2)3)17-6-5-12-23-17/h5-10,12,16H,4,11,13H2,1-3H3,(H,19,21)/t16-/m1/s1. The van der Waals surface area contributed by atoms with Crippen molar-refractivity contribution in [2.75, 3.05) is 27.2 Å². The maximum atomic E-state index is 12.3. The summed E-state index contributed by atoms with van der Waals surface area (Å²) in [5.41, 5.74) is 0.650. The lowest BCUT2D eigenvalue weighted by Crippen LogP contribution is -2.34. The number of likely N-dealkylation sites (N-methyl/N-ethyl adjacent to an activating group) is 1. The number of ether oxygens (including phenoxy) is 1. The van der Waals surface area contributed by atoms with Gasteiger partial charge in [-0.25, -0.2) is 0 Å². The summed E-state index contributed by atoms with van der Waals surface area (Å²) in [5, 5.41) is 5.07. The molecule has 2 aromatic rings. The number of carbonyl (C=O) groups excluding carboxylic acids is 1. The van der Waals surface area contributed by atoms with E-state index in [0.717, 1.165) is 12.2 Å². The smallest absolute Gasteiger partial charge is 0.251 e. The second kappa shape index (κ2) is 8.70. The molecule has 2 rings (SSSR count). The summed E-state index contributed by atoms with van der Waals surface area (Å²) in [4.78, 5) is 15.7. The number of benzene rings is 1. The molecular formula is C18H24N2O2S. The molecule has 0 saturated heterocycles. The summed E-state index contributed by atoms with van der Waals surface area (Å²) in [6.45, 7) is 3.34. The minimum atomic E-state index is -0.0598.